The van der Waals surface area contributed by atoms with Crippen molar-refractivity contribution in [2.45, 2.75) is 19.8 Å². The van der Waals surface area contributed by atoms with Crippen molar-refractivity contribution >= 4 is 17.6 Å². The number of halogens is 1. The molecule has 1 aromatic carbocycles. The second-order valence-corrected chi connectivity index (χ2v) is 4.18. The molecule has 2 N–H and O–H groups in total. The third-order valence-electron chi connectivity index (χ3n) is 2.31. The summed E-state index contributed by atoms with van der Waals surface area (Å²) in [6, 6.07) is 7.60. The molecule has 0 aliphatic carbocycles. The van der Waals surface area contributed by atoms with Crippen LogP contribution in [0.3, 0.4) is 0 Å². The number of hydrogen-bond donors (Lipinski definition) is 2. The number of carbonyl (C=O) groups is 1. The van der Waals surface area contributed by atoms with E-state index in [1.807, 2.05) is 24.3 Å². The highest BCUT2D eigenvalue weighted by Crippen LogP contribution is 2.12. The van der Waals surface area contributed by atoms with Crippen molar-refractivity contribution in [3.8, 4) is 5.75 Å². The summed E-state index contributed by atoms with van der Waals surface area (Å²) < 4.78 is 5.38. The quantitative estimate of drug-likeness (QED) is 0.591. The van der Waals surface area contributed by atoms with Crippen LogP contribution < -0.4 is 15.4 Å². The van der Waals surface area contributed by atoms with Gasteiger partial charge in [0.05, 0.1) is 0 Å². The standard InChI is InChI=1S/C13H19ClN2O2/c1-2-3-11-4-6-12(7-5-11)18-10-16-13(17)15-9-8-14/h4-7H,2-3,8-10H2,1H3,(H2,15,16,17). The van der Waals surface area contributed by atoms with Gasteiger partial charge in [-0.05, 0) is 24.1 Å². The molecule has 0 saturated heterocycles. The van der Waals surface area contributed by atoms with E-state index in [4.69, 9.17) is 16.3 Å². The smallest absolute Gasteiger partial charge is 0.317 e. The number of benzene rings is 1. The van der Waals surface area contributed by atoms with Crippen molar-refractivity contribution in [2.24, 2.45) is 0 Å². The molecule has 2 amide bonds. The first-order valence-electron chi connectivity index (χ1n) is 6.05. The van der Waals surface area contributed by atoms with Crippen molar-refractivity contribution in [1.82, 2.24) is 10.6 Å². The Morgan fingerprint density at radius 1 is 1.28 bits per heavy atom. The highest BCUT2D eigenvalue weighted by atomic mass is 35.5. The molecule has 0 unspecified atom stereocenters. The van der Waals surface area contributed by atoms with Crippen LogP contribution in [-0.2, 0) is 6.42 Å². The minimum atomic E-state index is -0.279. The number of amides is 2. The van der Waals surface area contributed by atoms with E-state index >= 15 is 0 Å². The first kappa shape index (κ1) is 14.6. The number of carbonyl (C=O) groups excluding carboxylic acids is 1. The van der Waals surface area contributed by atoms with Gasteiger partial charge in [-0.1, -0.05) is 25.5 Å². The molecule has 0 heterocycles. The molecule has 4 nitrogen and oxygen atoms in total. The van der Waals surface area contributed by atoms with E-state index in [-0.39, 0.29) is 12.8 Å². The van der Waals surface area contributed by atoms with Gasteiger partial charge in [0.25, 0.3) is 0 Å². The molecule has 0 fully saturated rings. The van der Waals surface area contributed by atoms with Crippen LogP contribution in [0.1, 0.15) is 18.9 Å². The fraction of sp³-hybridized carbons (Fsp3) is 0.462. The van der Waals surface area contributed by atoms with Crippen LogP contribution >= 0.6 is 11.6 Å². The number of ether oxygens (including phenoxy) is 1. The normalized spacial score (nSPS) is 9.89. The fourth-order valence-electron chi connectivity index (χ4n) is 1.45. The third-order valence-corrected chi connectivity index (χ3v) is 2.50. The predicted molar refractivity (Wildman–Crippen MR) is 73.2 cm³/mol. The van der Waals surface area contributed by atoms with Gasteiger partial charge in [-0.2, -0.15) is 0 Å². The van der Waals surface area contributed by atoms with Crippen molar-refractivity contribution in [3.05, 3.63) is 29.8 Å². The first-order valence-corrected chi connectivity index (χ1v) is 6.59. The summed E-state index contributed by atoms with van der Waals surface area (Å²) >= 11 is 5.44. The Labute approximate surface area is 113 Å². The monoisotopic (exact) mass is 270 g/mol. The molecule has 0 spiro atoms. The number of urea groups is 1. The molecule has 1 rings (SSSR count). The number of nitrogens with one attached hydrogen (secondary N) is 2. The molecule has 0 aliphatic rings. The molecule has 5 heteroatoms. The Balaban J connectivity index is 2.24. The van der Waals surface area contributed by atoms with Crippen molar-refractivity contribution < 1.29 is 9.53 Å². The van der Waals surface area contributed by atoms with Gasteiger partial charge in [0.1, 0.15) is 5.75 Å². The molecule has 0 atom stereocenters. The van der Waals surface area contributed by atoms with E-state index in [1.54, 1.807) is 0 Å². The van der Waals surface area contributed by atoms with E-state index < -0.39 is 0 Å². The summed E-state index contributed by atoms with van der Waals surface area (Å²) in [5, 5.41) is 5.16. The summed E-state index contributed by atoms with van der Waals surface area (Å²) in [5.41, 5.74) is 1.29. The predicted octanol–water partition coefficient (Wildman–Crippen LogP) is 2.51. The zero-order valence-corrected chi connectivity index (χ0v) is 11.3. The molecule has 0 bridgehead atoms. The van der Waals surface area contributed by atoms with E-state index in [0.717, 1.165) is 18.6 Å². The van der Waals surface area contributed by atoms with Crippen LogP contribution in [0, 0.1) is 0 Å². The second kappa shape index (κ2) is 8.64. The molecule has 18 heavy (non-hydrogen) atoms. The van der Waals surface area contributed by atoms with Crippen LogP contribution in [0.5, 0.6) is 5.75 Å². The molecule has 0 saturated carbocycles. The van der Waals surface area contributed by atoms with Crippen LogP contribution in [-0.4, -0.2) is 25.2 Å². The highest BCUT2D eigenvalue weighted by Gasteiger charge is 1.99. The Morgan fingerprint density at radius 3 is 2.61 bits per heavy atom. The lowest BCUT2D eigenvalue weighted by Crippen LogP contribution is -2.38. The number of hydrogen-bond acceptors (Lipinski definition) is 2. The maximum Gasteiger partial charge on any atom is 0.317 e. The van der Waals surface area contributed by atoms with E-state index in [1.165, 1.54) is 5.56 Å². The van der Waals surface area contributed by atoms with E-state index in [0.29, 0.717) is 12.4 Å². The Kier molecular flexibility index (Phi) is 7.03. The summed E-state index contributed by atoms with van der Waals surface area (Å²) in [6.07, 6.45) is 2.20. The van der Waals surface area contributed by atoms with Crippen molar-refractivity contribution in [3.63, 3.8) is 0 Å². The van der Waals surface area contributed by atoms with Gasteiger partial charge in [0.15, 0.2) is 6.73 Å². The lowest BCUT2D eigenvalue weighted by Gasteiger charge is -2.09. The third kappa shape index (κ3) is 5.77. The molecular formula is C13H19ClN2O2. The van der Waals surface area contributed by atoms with Crippen LogP contribution in [0.2, 0.25) is 0 Å². The minimum Gasteiger partial charge on any atom is -0.473 e. The molecule has 0 aromatic heterocycles. The van der Waals surface area contributed by atoms with Crippen molar-refractivity contribution in [1.29, 1.82) is 0 Å². The van der Waals surface area contributed by atoms with Crippen LogP contribution in [0.4, 0.5) is 4.79 Å². The molecular weight excluding hydrogens is 252 g/mol. The summed E-state index contributed by atoms with van der Waals surface area (Å²) in [5.74, 6) is 1.14. The average molecular weight is 271 g/mol. The summed E-state index contributed by atoms with van der Waals surface area (Å²) in [4.78, 5) is 11.2. The lowest BCUT2D eigenvalue weighted by molar-refractivity contribution is 0.224. The largest absolute Gasteiger partial charge is 0.473 e. The first-order chi connectivity index (χ1) is 8.76. The fourth-order valence-corrected chi connectivity index (χ4v) is 1.54. The maximum absolute atomic E-state index is 11.2. The number of aryl methyl sites for hydroxylation is 1. The summed E-state index contributed by atoms with van der Waals surface area (Å²) in [6.45, 7) is 2.73. The van der Waals surface area contributed by atoms with Gasteiger partial charge < -0.3 is 15.4 Å². The van der Waals surface area contributed by atoms with Gasteiger partial charge in [-0.3, -0.25) is 0 Å². The zero-order chi connectivity index (χ0) is 13.2. The lowest BCUT2D eigenvalue weighted by atomic mass is 10.1. The average Bonchev–Trinajstić information content (AvgIpc) is 2.39. The maximum atomic E-state index is 11.2. The van der Waals surface area contributed by atoms with E-state index in [2.05, 4.69) is 17.6 Å². The zero-order valence-electron chi connectivity index (χ0n) is 10.5. The second-order valence-electron chi connectivity index (χ2n) is 3.80. The highest BCUT2D eigenvalue weighted by molar-refractivity contribution is 6.18. The van der Waals surface area contributed by atoms with Crippen LogP contribution in [0.25, 0.3) is 0 Å². The molecule has 100 valence electrons. The topological polar surface area (TPSA) is 50.4 Å². The Morgan fingerprint density at radius 2 is 2.00 bits per heavy atom. The Hall–Kier alpha value is -1.42. The van der Waals surface area contributed by atoms with Gasteiger partial charge in [-0.25, -0.2) is 4.79 Å². The van der Waals surface area contributed by atoms with E-state index in [9.17, 15) is 4.79 Å². The number of alkyl halides is 1. The van der Waals surface area contributed by atoms with Crippen LogP contribution in [0.15, 0.2) is 24.3 Å². The van der Waals surface area contributed by atoms with Gasteiger partial charge in [-0.15, -0.1) is 11.6 Å². The summed E-state index contributed by atoms with van der Waals surface area (Å²) in [7, 11) is 0. The van der Waals surface area contributed by atoms with Gasteiger partial charge in [0, 0.05) is 12.4 Å². The number of rotatable bonds is 7. The Bertz CT molecular complexity index is 355. The molecule has 0 radical (unpaired) electrons. The minimum absolute atomic E-state index is 0.140. The SMILES string of the molecule is CCCc1ccc(OCNC(=O)NCCCl)cc1. The van der Waals surface area contributed by atoms with Crippen molar-refractivity contribution in [2.75, 3.05) is 19.2 Å². The molecule has 0 aliphatic heterocycles. The molecule has 1 aromatic rings. The van der Waals surface area contributed by atoms with Gasteiger partial charge in [0.2, 0.25) is 0 Å². The van der Waals surface area contributed by atoms with Gasteiger partial charge >= 0.3 is 6.03 Å².